The molecule has 114 valence electrons. The van der Waals surface area contributed by atoms with Crippen LogP contribution < -0.4 is 4.90 Å². The second-order valence-electron chi connectivity index (χ2n) is 4.95. The van der Waals surface area contributed by atoms with Gasteiger partial charge in [0.25, 0.3) is 11.1 Å². The van der Waals surface area contributed by atoms with Gasteiger partial charge >= 0.3 is 0 Å². The van der Waals surface area contributed by atoms with E-state index < -0.39 is 0 Å². The molecule has 1 aliphatic heterocycles. The van der Waals surface area contributed by atoms with Crippen LogP contribution in [-0.2, 0) is 4.79 Å². The van der Waals surface area contributed by atoms with Crippen LogP contribution in [0.2, 0.25) is 0 Å². The van der Waals surface area contributed by atoms with Crippen molar-refractivity contribution in [2.75, 3.05) is 25.5 Å². The Balaban J connectivity index is 2.06. The fourth-order valence-corrected chi connectivity index (χ4v) is 2.73. The highest BCUT2D eigenvalue weighted by molar-refractivity contribution is 8.18. The van der Waals surface area contributed by atoms with E-state index in [1.165, 1.54) is 4.90 Å². The van der Waals surface area contributed by atoms with Crippen molar-refractivity contribution in [2.45, 2.75) is 0 Å². The van der Waals surface area contributed by atoms with Crippen LogP contribution in [0.15, 0.2) is 54.0 Å². The molecule has 0 aliphatic carbocycles. The maximum atomic E-state index is 12.0. The average Bonchev–Trinajstić information content (AvgIpc) is 2.76. The van der Waals surface area contributed by atoms with Crippen LogP contribution in [0.5, 0.6) is 0 Å². The number of rotatable bonds is 5. The number of benzene rings is 1. The summed E-state index contributed by atoms with van der Waals surface area (Å²) in [4.78, 5) is 27.3. The highest BCUT2D eigenvalue weighted by Crippen LogP contribution is 2.30. The lowest BCUT2D eigenvalue weighted by molar-refractivity contribution is -0.122. The number of hydrogen-bond acceptors (Lipinski definition) is 4. The van der Waals surface area contributed by atoms with Gasteiger partial charge in [0.15, 0.2) is 0 Å². The summed E-state index contributed by atoms with van der Waals surface area (Å²) >= 11 is 0.956. The van der Waals surface area contributed by atoms with Gasteiger partial charge in [0.05, 0.1) is 4.91 Å². The highest BCUT2D eigenvalue weighted by Gasteiger charge is 2.33. The van der Waals surface area contributed by atoms with Gasteiger partial charge in [-0.2, -0.15) is 0 Å². The van der Waals surface area contributed by atoms with Crippen LogP contribution in [0, 0.1) is 0 Å². The summed E-state index contributed by atoms with van der Waals surface area (Å²) in [7, 11) is 3.98. The topological polar surface area (TPSA) is 40.6 Å². The number of allylic oxidation sites excluding steroid dienone is 2. The van der Waals surface area contributed by atoms with Gasteiger partial charge in [0.2, 0.25) is 0 Å². The summed E-state index contributed by atoms with van der Waals surface area (Å²) < 4.78 is 0. The molecule has 0 radical (unpaired) electrons. The lowest BCUT2D eigenvalue weighted by Gasteiger charge is -2.11. The quantitative estimate of drug-likeness (QED) is 0.616. The number of imide groups is 1. The maximum absolute atomic E-state index is 12.0. The first-order valence-electron chi connectivity index (χ1n) is 6.83. The molecule has 1 heterocycles. The normalized spacial score (nSPS) is 16.8. The van der Waals surface area contributed by atoms with Crippen molar-refractivity contribution < 1.29 is 9.59 Å². The number of nitrogens with zero attached hydrogens (tertiary/aromatic N) is 2. The third-order valence-corrected chi connectivity index (χ3v) is 4.06. The molecule has 0 atom stereocenters. The Hall–Kier alpha value is -2.27. The van der Waals surface area contributed by atoms with Crippen molar-refractivity contribution in [1.82, 2.24) is 4.90 Å². The van der Waals surface area contributed by atoms with Crippen molar-refractivity contribution in [3.63, 3.8) is 0 Å². The average molecular weight is 314 g/mol. The van der Waals surface area contributed by atoms with Crippen LogP contribution in [0.4, 0.5) is 10.5 Å². The summed E-state index contributed by atoms with van der Waals surface area (Å²) in [5, 5.41) is -0.250. The van der Waals surface area contributed by atoms with E-state index in [1.807, 2.05) is 49.3 Å². The second-order valence-corrected chi connectivity index (χ2v) is 5.94. The molecule has 1 aliphatic rings. The Kier molecular flexibility index (Phi) is 5.22. The molecule has 1 aromatic carbocycles. The summed E-state index contributed by atoms with van der Waals surface area (Å²) in [6.45, 7) is 3.79. The molecular weight excluding hydrogens is 296 g/mol. The molecule has 5 heteroatoms. The molecule has 22 heavy (non-hydrogen) atoms. The van der Waals surface area contributed by atoms with Crippen molar-refractivity contribution >= 4 is 34.7 Å². The molecule has 0 saturated carbocycles. The summed E-state index contributed by atoms with van der Waals surface area (Å²) in [6.07, 6.45) is 6.91. The number of amides is 2. The molecule has 4 nitrogen and oxygen atoms in total. The third kappa shape index (κ3) is 3.68. The number of carbonyl (C=O) groups is 2. The predicted octanol–water partition coefficient (Wildman–Crippen LogP) is 3.53. The van der Waals surface area contributed by atoms with Gasteiger partial charge in [0.1, 0.15) is 0 Å². The minimum atomic E-state index is -0.262. The number of carbonyl (C=O) groups excluding carboxylic acids is 2. The Bertz CT molecular complexity index is 645. The Morgan fingerprint density at radius 3 is 2.50 bits per heavy atom. The van der Waals surface area contributed by atoms with Gasteiger partial charge in [-0.3, -0.25) is 14.5 Å². The van der Waals surface area contributed by atoms with Gasteiger partial charge in [0, 0.05) is 26.3 Å². The first-order valence-corrected chi connectivity index (χ1v) is 7.65. The van der Waals surface area contributed by atoms with E-state index in [0.717, 1.165) is 23.0 Å². The van der Waals surface area contributed by atoms with Crippen LogP contribution in [0.25, 0.3) is 6.08 Å². The van der Waals surface area contributed by atoms with Crippen LogP contribution in [0.3, 0.4) is 0 Å². The van der Waals surface area contributed by atoms with Crippen LogP contribution in [0.1, 0.15) is 5.56 Å². The molecule has 0 aromatic heterocycles. The van der Waals surface area contributed by atoms with E-state index in [4.69, 9.17) is 0 Å². The first kappa shape index (κ1) is 16.1. The van der Waals surface area contributed by atoms with Crippen molar-refractivity contribution in [3.8, 4) is 0 Å². The lowest BCUT2D eigenvalue weighted by Crippen LogP contribution is -2.27. The largest absolute Gasteiger partial charge is 0.378 e. The molecule has 1 saturated heterocycles. The standard InChI is InChI=1S/C17H18N2O2S/c1-4-12-19-16(20)15(22-17(19)21)7-5-6-13-8-10-14(11-9-13)18(2)3/h4-11H,1,12H2,2-3H3/b6-5+,15-7+. The number of anilines is 1. The second kappa shape index (κ2) is 7.13. The smallest absolute Gasteiger partial charge is 0.293 e. The zero-order valence-corrected chi connectivity index (χ0v) is 13.5. The molecular formula is C17H18N2O2S. The van der Waals surface area contributed by atoms with Gasteiger partial charge < -0.3 is 4.90 Å². The molecule has 1 aromatic rings. The summed E-state index contributed by atoms with van der Waals surface area (Å²) in [5.74, 6) is -0.262. The van der Waals surface area contributed by atoms with Gasteiger partial charge in [-0.15, -0.1) is 6.58 Å². The number of thioether (sulfide) groups is 1. The van der Waals surface area contributed by atoms with Crippen molar-refractivity contribution in [1.29, 1.82) is 0 Å². The Morgan fingerprint density at radius 2 is 1.91 bits per heavy atom. The van der Waals surface area contributed by atoms with E-state index >= 15 is 0 Å². The lowest BCUT2D eigenvalue weighted by atomic mass is 10.2. The minimum absolute atomic E-state index is 0.248. The summed E-state index contributed by atoms with van der Waals surface area (Å²) in [5.41, 5.74) is 2.16. The van der Waals surface area contributed by atoms with Crippen molar-refractivity contribution in [3.05, 3.63) is 59.5 Å². The molecule has 1 fully saturated rings. The van der Waals surface area contributed by atoms with E-state index in [9.17, 15) is 9.59 Å². The molecule has 2 rings (SSSR count). The fraction of sp³-hybridized carbons (Fsp3) is 0.176. The van der Waals surface area contributed by atoms with Crippen molar-refractivity contribution in [2.24, 2.45) is 0 Å². The Morgan fingerprint density at radius 1 is 1.23 bits per heavy atom. The minimum Gasteiger partial charge on any atom is -0.378 e. The predicted molar refractivity (Wildman–Crippen MR) is 92.8 cm³/mol. The Labute approximate surface area is 134 Å². The van der Waals surface area contributed by atoms with Crippen LogP contribution in [-0.4, -0.2) is 36.7 Å². The molecule has 0 spiro atoms. The van der Waals surface area contributed by atoms with E-state index in [1.54, 1.807) is 18.2 Å². The van der Waals surface area contributed by atoms with E-state index in [-0.39, 0.29) is 17.7 Å². The SMILES string of the molecule is C=CCN1C(=O)S/C(=C/C=C/c2ccc(N(C)C)cc2)C1=O. The highest BCUT2D eigenvalue weighted by atomic mass is 32.2. The zero-order valence-electron chi connectivity index (χ0n) is 12.7. The summed E-state index contributed by atoms with van der Waals surface area (Å²) in [6, 6.07) is 8.06. The fourth-order valence-electron chi connectivity index (χ4n) is 1.93. The maximum Gasteiger partial charge on any atom is 0.293 e. The van der Waals surface area contributed by atoms with Gasteiger partial charge in [-0.25, -0.2) is 0 Å². The third-order valence-electron chi connectivity index (χ3n) is 3.13. The van der Waals surface area contributed by atoms with Crippen LogP contribution >= 0.6 is 11.8 Å². The zero-order chi connectivity index (χ0) is 16.1. The van der Waals surface area contributed by atoms with Gasteiger partial charge in [-0.05, 0) is 35.5 Å². The number of hydrogen-bond donors (Lipinski definition) is 0. The first-order chi connectivity index (χ1) is 10.5. The monoisotopic (exact) mass is 314 g/mol. The van der Waals surface area contributed by atoms with Gasteiger partial charge in [-0.1, -0.05) is 30.4 Å². The molecule has 0 bridgehead atoms. The molecule has 0 N–H and O–H groups in total. The molecule has 0 unspecified atom stereocenters. The molecule has 2 amide bonds. The van der Waals surface area contributed by atoms with E-state index in [2.05, 4.69) is 6.58 Å². The van der Waals surface area contributed by atoms with E-state index in [0.29, 0.717) is 4.91 Å².